The standard InChI is InChI=1S/C20H23F3N2O/c21-20(22,23)26-19-8-6-17(7-9-19)24-13-11-18-14-16(10-12-25-18)15-4-2-1-3-5-15/h1-9,16,18,24-25H,10-14H2. The second kappa shape index (κ2) is 8.45. The zero-order valence-corrected chi connectivity index (χ0v) is 14.4. The molecule has 1 aliphatic rings. The molecule has 0 spiro atoms. The van der Waals surface area contributed by atoms with Crippen LogP contribution in [0, 0.1) is 0 Å². The first-order valence-corrected chi connectivity index (χ1v) is 8.87. The summed E-state index contributed by atoms with van der Waals surface area (Å²) in [5.74, 6) is 0.379. The summed E-state index contributed by atoms with van der Waals surface area (Å²) in [5.41, 5.74) is 2.18. The van der Waals surface area contributed by atoms with E-state index < -0.39 is 6.36 Å². The van der Waals surface area contributed by atoms with Crippen LogP contribution in [0.15, 0.2) is 54.6 Å². The maximum Gasteiger partial charge on any atom is 0.573 e. The molecule has 0 bridgehead atoms. The fourth-order valence-electron chi connectivity index (χ4n) is 3.42. The van der Waals surface area contributed by atoms with Gasteiger partial charge in [0.1, 0.15) is 5.75 Å². The van der Waals surface area contributed by atoms with Gasteiger partial charge in [-0.2, -0.15) is 0 Å². The van der Waals surface area contributed by atoms with Gasteiger partial charge in [0.2, 0.25) is 0 Å². The maximum atomic E-state index is 12.2. The fourth-order valence-corrected chi connectivity index (χ4v) is 3.42. The molecule has 0 aliphatic carbocycles. The van der Waals surface area contributed by atoms with Gasteiger partial charge in [-0.1, -0.05) is 30.3 Å². The molecule has 0 radical (unpaired) electrons. The van der Waals surface area contributed by atoms with Crippen molar-refractivity contribution in [1.82, 2.24) is 5.32 Å². The molecule has 2 N–H and O–H groups in total. The summed E-state index contributed by atoms with van der Waals surface area (Å²) in [7, 11) is 0. The Morgan fingerprint density at radius 3 is 2.46 bits per heavy atom. The monoisotopic (exact) mass is 364 g/mol. The topological polar surface area (TPSA) is 33.3 Å². The molecule has 26 heavy (non-hydrogen) atoms. The smallest absolute Gasteiger partial charge is 0.406 e. The molecule has 2 unspecified atom stereocenters. The highest BCUT2D eigenvalue weighted by Gasteiger charge is 2.31. The highest BCUT2D eigenvalue weighted by molar-refractivity contribution is 5.46. The largest absolute Gasteiger partial charge is 0.573 e. The molecule has 0 amide bonds. The second-order valence-corrected chi connectivity index (χ2v) is 6.57. The minimum Gasteiger partial charge on any atom is -0.406 e. The van der Waals surface area contributed by atoms with E-state index in [0.29, 0.717) is 12.0 Å². The number of rotatable bonds is 6. The van der Waals surface area contributed by atoms with Crippen LogP contribution >= 0.6 is 0 Å². The van der Waals surface area contributed by atoms with E-state index in [0.717, 1.165) is 38.0 Å². The third-order valence-corrected chi connectivity index (χ3v) is 4.68. The van der Waals surface area contributed by atoms with Crippen molar-refractivity contribution in [3.63, 3.8) is 0 Å². The fraction of sp³-hybridized carbons (Fsp3) is 0.400. The third-order valence-electron chi connectivity index (χ3n) is 4.68. The number of piperidine rings is 1. The average Bonchev–Trinajstić information content (AvgIpc) is 2.63. The van der Waals surface area contributed by atoms with E-state index in [-0.39, 0.29) is 5.75 Å². The van der Waals surface area contributed by atoms with E-state index in [1.807, 2.05) is 6.07 Å². The summed E-state index contributed by atoms with van der Waals surface area (Å²) >= 11 is 0. The molecule has 140 valence electrons. The lowest BCUT2D eigenvalue weighted by Gasteiger charge is -2.31. The number of alkyl halides is 3. The first kappa shape index (κ1) is 18.6. The van der Waals surface area contributed by atoms with E-state index in [2.05, 4.69) is 39.6 Å². The van der Waals surface area contributed by atoms with E-state index in [9.17, 15) is 13.2 Å². The van der Waals surface area contributed by atoms with Crippen LogP contribution in [0.4, 0.5) is 18.9 Å². The molecule has 1 fully saturated rings. The number of hydrogen-bond acceptors (Lipinski definition) is 3. The highest BCUT2D eigenvalue weighted by atomic mass is 19.4. The van der Waals surface area contributed by atoms with E-state index in [1.165, 1.54) is 17.7 Å². The molecule has 1 aliphatic heterocycles. The van der Waals surface area contributed by atoms with Gasteiger partial charge < -0.3 is 15.4 Å². The van der Waals surface area contributed by atoms with Gasteiger partial charge in [-0.05, 0) is 61.6 Å². The summed E-state index contributed by atoms with van der Waals surface area (Å²) in [4.78, 5) is 0. The first-order chi connectivity index (χ1) is 12.5. The maximum absolute atomic E-state index is 12.2. The number of hydrogen-bond donors (Lipinski definition) is 2. The Hall–Kier alpha value is -2.21. The lowest BCUT2D eigenvalue weighted by molar-refractivity contribution is -0.274. The van der Waals surface area contributed by atoms with Crippen LogP contribution in [0.25, 0.3) is 0 Å². The van der Waals surface area contributed by atoms with Crippen molar-refractivity contribution in [2.45, 2.75) is 37.6 Å². The van der Waals surface area contributed by atoms with Gasteiger partial charge in [-0.25, -0.2) is 0 Å². The van der Waals surface area contributed by atoms with Crippen molar-refractivity contribution >= 4 is 5.69 Å². The SMILES string of the molecule is FC(F)(F)Oc1ccc(NCCC2CC(c3ccccc3)CCN2)cc1. The number of benzene rings is 2. The van der Waals surface area contributed by atoms with Crippen LogP contribution in [0.3, 0.4) is 0 Å². The first-order valence-electron chi connectivity index (χ1n) is 8.87. The van der Waals surface area contributed by atoms with Crippen LogP contribution in [-0.4, -0.2) is 25.5 Å². The Kier molecular flexibility index (Phi) is 6.04. The summed E-state index contributed by atoms with van der Waals surface area (Å²) < 4.78 is 40.4. The Balaban J connectivity index is 1.44. The quantitative estimate of drug-likeness (QED) is 0.763. The van der Waals surface area contributed by atoms with Crippen LogP contribution in [0.1, 0.15) is 30.7 Å². The van der Waals surface area contributed by atoms with Crippen molar-refractivity contribution in [2.75, 3.05) is 18.4 Å². The molecule has 0 aromatic heterocycles. The predicted octanol–water partition coefficient (Wildman–Crippen LogP) is 4.92. The van der Waals surface area contributed by atoms with Gasteiger partial charge in [0.25, 0.3) is 0 Å². The zero-order valence-electron chi connectivity index (χ0n) is 14.4. The Bertz CT molecular complexity index is 674. The third kappa shape index (κ3) is 5.66. The van der Waals surface area contributed by atoms with Crippen molar-refractivity contribution < 1.29 is 17.9 Å². The molecule has 2 aromatic carbocycles. The number of nitrogens with one attached hydrogen (secondary N) is 2. The Morgan fingerprint density at radius 2 is 1.77 bits per heavy atom. The van der Waals surface area contributed by atoms with E-state index >= 15 is 0 Å². The normalized spacial score (nSPS) is 20.6. The molecule has 3 nitrogen and oxygen atoms in total. The average molecular weight is 364 g/mol. The molecular weight excluding hydrogens is 341 g/mol. The summed E-state index contributed by atoms with van der Waals surface area (Å²) in [6.07, 6.45) is -1.44. The lowest BCUT2D eigenvalue weighted by Crippen LogP contribution is -2.38. The molecule has 3 rings (SSSR count). The molecule has 2 atom stereocenters. The lowest BCUT2D eigenvalue weighted by atomic mass is 9.85. The van der Waals surface area contributed by atoms with Gasteiger partial charge in [0, 0.05) is 18.3 Å². The van der Waals surface area contributed by atoms with Crippen molar-refractivity contribution in [2.24, 2.45) is 0 Å². The Morgan fingerprint density at radius 1 is 1.04 bits per heavy atom. The van der Waals surface area contributed by atoms with Crippen LogP contribution in [0.2, 0.25) is 0 Å². The highest BCUT2D eigenvalue weighted by Crippen LogP contribution is 2.28. The molecule has 2 aromatic rings. The molecule has 0 saturated carbocycles. The minimum atomic E-state index is -4.66. The summed E-state index contributed by atoms with van der Waals surface area (Å²) in [5, 5.41) is 6.81. The number of halogens is 3. The van der Waals surface area contributed by atoms with Crippen molar-refractivity contribution in [1.29, 1.82) is 0 Å². The van der Waals surface area contributed by atoms with Gasteiger partial charge in [-0.3, -0.25) is 0 Å². The van der Waals surface area contributed by atoms with E-state index in [4.69, 9.17) is 0 Å². The number of ether oxygens (including phenoxy) is 1. The molecule has 6 heteroatoms. The van der Waals surface area contributed by atoms with Gasteiger partial charge in [-0.15, -0.1) is 13.2 Å². The van der Waals surface area contributed by atoms with Crippen LogP contribution in [-0.2, 0) is 0 Å². The molecular formula is C20H23F3N2O. The molecule has 1 saturated heterocycles. The van der Waals surface area contributed by atoms with Gasteiger partial charge in [0.15, 0.2) is 0 Å². The van der Waals surface area contributed by atoms with Crippen molar-refractivity contribution in [3.8, 4) is 5.75 Å². The van der Waals surface area contributed by atoms with Crippen molar-refractivity contribution in [3.05, 3.63) is 60.2 Å². The molecule has 1 heterocycles. The second-order valence-electron chi connectivity index (χ2n) is 6.57. The summed E-state index contributed by atoms with van der Waals surface area (Å²) in [6.45, 7) is 1.77. The zero-order chi connectivity index (χ0) is 18.4. The van der Waals surface area contributed by atoms with Gasteiger partial charge in [0.05, 0.1) is 0 Å². The van der Waals surface area contributed by atoms with Crippen LogP contribution < -0.4 is 15.4 Å². The van der Waals surface area contributed by atoms with E-state index in [1.54, 1.807) is 12.1 Å². The predicted molar refractivity (Wildman–Crippen MR) is 96.4 cm³/mol. The summed E-state index contributed by atoms with van der Waals surface area (Å²) in [6, 6.07) is 16.9. The van der Waals surface area contributed by atoms with Crippen LogP contribution in [0.5, 0.6) is 5.75 Å². The van der Waals surface area contributed by atoms with Gasteiger partial charge >= 0.3 is 6.36 Å². The number of anilines is 1. The minimum absolute atomic E-state index is 0.206. The Labute approximate surface area is 151 Å².